The molecule has 7 nitrogen and oxygen atoms in total. The van der Waals surface area contributed by atoms with E-state index in [0.717, 1.165) is 6.42 Å². The molecule has 140 valence electrons. The van der Waals surface area contributed by atoms with E-state index in [1.807, 2.05) is 19.1 Å². The molecule has 1 aliphatic heterocycles. The van der Waals surface area contributed by atoms with E-state index in [1.54, 1.807) is 24.1 Å². The molecule has 0 aliphatic carbocycles. The Labute approximate surface area is 152 Å². The Balaban J connectivity index is 1.61. The first-order chi connectivity index (χ1) is 12.5. The number of amides is 1. The minimum atomic E-state index is -0.810. The number of ether oxygens (including phenoxy) is 2. The van der Waals surface area contributed by atoms with Crippen LogP contribution in [0.3, 0.4) is 0 Å². The number of carbonyl (C=O) groups excluding carboxylic acids is 1. The summed E-state index contributed by atoms with van der Waals surface area (Å²) in [5.41, 5.74) is -0.578. The van der Waals surface area contributed by atoms with E-state index in [4.69, 9.17) is 13.9 Å². The zero-order valence-corrected chi connectivity index (χ0v) is 15.1. The highest BCUT2D eigenvalue weighted by Crippen LogP contribution is 2.25. The second-order valence-corrected chi connectivity index (χ2v) is 6.50. The number of oxazole rings is 1. The molecule has 26 heavy (non-hydrogen) atoms. The molecule has 3 rings (SSSR count). The van der Waals surface area contributed by atoms with Gasteiger partial charge in [-0.25, -0.2) is 4.98 Å². The van der Waals surface area contributed by atoms with Crippen LogP contribution >= 0.6 is 0 Å². The van der Waals surface area contributed by atoms with E-state index >= 15 is 0 Å². The molecule has 0 bridgehead atoms. The van der Waals surface area contributed by atoms with Gasteiger partial charge in [0.25, 0.3) is 5.91 Å². The molecule has 7 heteroatoms. The maximum atomic E-state index is 12.6. The maximum Gasteiger partial charge on any atom is 0.275 e. The lowest BCUT2D eigenvalue weighted by Gasteiger charge is -2.38. The van der Waals surface area contributed by atoms with E-state index in [1.165, 1.54) is 6.26 Å². The number of hydrogen-bond donors (Lipinski definition) is 1. The van der Waals surface area contributed by atoms with Crippen molar-refractivity contribution in [2.75, 3.05) is 20.2 Å². The summed E-state index contributed by atoms with van der Waals surface area (Å²) in [5, 5.41) is 10.4. The fourth-order valence-corrected chi connectivity index (χ4v) is 3.05. The smallest absolute Gasteiger partial charge is 0.275 e. The number of likely N-dealkylation sites (tertiary alicyclic amines) is 1. The van der Waals surface area contributed by atoms with E-state index in [0.29, 0.717) is 43.3 Å². The fraction of sp³-hybridized carbons (Fsp3) is 0.474. The molecule has 1 aromatic heterocycles. The molecular weight excluding hydrogens is 336 g/mol. The average Bonchev–Trinajstić information content (AvgIpc) is 3.15. The highest BCUT2D eigenvalue weighted by Gasteiger charge is 2.34. The third-order valence-corrected chi connectivity index (χ3v) is 4.68. The summed E-state index contributed by atoms with van der Waals surface area (Å²) in [5.74, 6) is 1.41. The summed E-state index contributed by atoms with van der Waals surface area (Å²) < 4.78 is 16.1. The van der Waals surface area contributed by atoms with E-state index in [2.05, 4.69) is 4.98 Å². The van der Waals surface area contributed by atoms with Crippen molar-refractivity contribution in [1.82, 2.24) is 9.88 Å². The van der Waals surface area contributed by atoms with Gasteiger partial charge >= 0.3 is 0 Å². The summed E-state index contributed by atoms with van der Waals surface area (Å²) >= 11 is 0. The van der Waals surface area contributed by atoms with Gasteiger partial charge < -0.3 is 23.9 Å². The molecule has 0 radical (unpaired) electrons. The van der Waals surface area contributed by atoms with Crippen molar-refractivity contribution in [3.8, 4) is 11.5 Å². The number of aromatic nitrogens is 1. The number of β-amino-alcohol motifs (C(OH)–C–C–N with tert-alkyl or cyclic N) is 1. The van der Waals surface area contributed by atoms with Gasteiger partial charge in [-0.15, -0.1) is 0 Å². The summed E-state index contributed by atoms with van der Waals surface area (Å²) in [6.07, 6.45) is 3.45. The predicted molar refractivity (Wildman–Crippen MR) is 94.2 cm³/mol. The molecule has 1 aromatic carbocycles. The SMILES string of the molecule is CC[C@]1(O)CCCN(C(=O)c2coc(COc3cccc(OC)c3)n2)C1. The number of nitrogens with zero attached hydrogens (tertiary/aromatic N) is 2. The molecule has 1 aliphatic rings. The quantitative estimate of drug-likeness (QED) is 0.852. The van der Waals surface area contributed by atoms with Crippen molar-refractivity contribution in [3.05, 3.63) is 42.1 Å². The van der Waals surface area contributed by atoms with Crippen LogP contribution in [-0.4, -0.2) is 46.7 Å². The molecule has 0 saturated carbocycles. The lowest BCUT2D eigenvalue weighted by atomic mass is 9.90. The second kappa shape index (κ2) is 7.78. The molecule has 0 unspecified atom stereocenters. The molecular formula is C19H24N2O5. The third-order valence-electron chi connectivity index (χ3n) is 4.68. The van der Waals surface area contributed by atoms with Crippen LogP contribution in [0, 0.1) is 0 Å². The van der Waals surface area contributed by atoms with E-state index in [-0.39, 0.29) is 18.2 Å². The van der Waals surface area contributed by atoms with Crippen molar-refractivity contribution < 1.29 is 23.8 Å². The Morgan fingerprint density at radius 2 is 2.23 bits per heavy atom. The summed E-state index contributed by atoms with van der Waals surface area (Å²) in [6, 6.07) is 7.21. The van der Waals surface area contributed by atoms with Crippen molar-refractivity contribution in [1.29, 1.82) is 0 Å². The predicted octanol–water partition coefficient (Wildman–Crippen LogP) is 2.64. The van der Waals surface area contributed by atoms with Crippen LogP contribution in [0.15, 0.2) is 34.9 Å². The van der Waals surface area contributed by atoms with E-state index < -0.39 is 5.60 Å². The van der Waals surface area contributed by atoms with Crippen LogP contribution in [0.5, 0.6) is 11.5 Å². The van der Waals surface area contributed by atoms with Crippen molar-refractivity contribution >= 4 is 5.91 Å². The molecule has 2 aromatic rings. The number of rotatable bonds is 6. The first kappa shape index (κ1) is 18.3. The molecule has 1 N–H and O–H groups in total. The number of methoxy groups -OCH3 is 1. The monoisotopic (exact) mass is 360 g/mol. The number of piperidine rings is 1. The van der Waals surface area contributed by atoms with Crippen LogP contribution in [0.2, 0.25) is 0 Å². The fourth-order valence-electron chi connectivity index (χ4n) is 3.05. The van der Waals surface area contributed by atoms with Crippen molar-refractivity contribution in [3.63, 3.8) is 0 Å². The molecule has 1 saturated heterocycles. The van der Waals surface area contributed by atoms with Gasteiger partial charge in [0.05, 0.1) is 12.7 Å². The summed E-state index contributed by atoms with van der Waals surface area (Å²) in [7, 11) is 1.59. The largest absolute Gasteiger partial charge is 0.497 e. The van der Waals surface area contributed by atoms with Gasteiger partial charge in [0.1, 0.15) is 17.8 Å². The molecule has 1 fully saturated rings. The van der Waals surface area contributed by atoms with Gasteiger partial charge in [0, 0.05) is 19.2 Å². The zero-order valence-electron chi connectivity index (χ0n) is 15.1. The molecule has 1 amide bonds. The minimum absolute atomic E-state index is 0.110. The summed E-state index contributed by atoms with van der Waals surface area (Å²) in [4.78, 5) is 18.5. The lowest BCUT2D eigenvalue weighted by molar-refractivity contribution is -0.0271. The number of aliphatic hydroxyl groups is 1. The Hall–Kier alpha value is -2.54. The normalized spacial score (nSPS) is 20.0. The van der Waals surface area contributed by atoms with Crippen LogP contribution in [0.4, 0.5) is 0 Å². The average molecular weight is 360 g/mol. The third kappa shape index (κ3) is 4.16. The van der Waals surface area contributed by atoms with Crippen LogP contribution in [0.1, 0.15) is 42.6 Å². The minimum Gasteiger partial charge on any atom is -0.497 e. The van der Waals surface area contributed by atoms with Gasteiger partial charge in [-0.05, 0) is 31.4 Å². The molecule has 0 spiro atoms. The highest BCUT2D eigenvalue weighted by molar-refractivity contribution is 5.92. The number of carbonyl (C=O) groups is 1. The molecule has 2 heterocycles. The van der Waals surface area contributed by atoms with Gasteiger partial charge in [0.2, 0.25) is 5.89 Å². The lowest BCUT2D eigenvalue weighted by Crippen LogP contribution is -2.50. The highest BCUT2D eigenvalue weighted by atomic mass is 16.5. The van der Waals surface area contributed by atoms with Crippen LogP contribution in [-0.2, 0) is 6.61 Å². The standard InChI is InChI=1S/C19H24N2O5/c1-3-19(23)8-5-9-21(13-19)18(22)16-11-26-17(20-16)12-25-15-7-4-6-14(10-15)24-2/h4,6-7,10-11,23H,3,5,8-9,12-13H2,1-2H3/t19-/m0/s1. The van der Waals surface area contributed by atoms with Crippen LogP contribution in [0.25, 0.3) is 0 Å². The number of benzene rings is 1. The van der Waals surface area contributed by atoms with Crippen molar-refractivity contribution in [2.45, 2.75) is 38.4 Å². The first-order valence-electron chi connectivity index (χ1n) is 8.76. The number of hydrogen-bond acceptors (Lipinski definition) is 6. The Kier molecular flexibility index (Phi) is 5.46. The summed E-state index contributed by atoms with van der Waals surface area (Å²) in [6.45, 7) is 2.98. The van der Waals surface area contributed by atoms with Gasteiger partial charge in [0.15, 0.2) is 12.3 Å². The van der Waals surface area contributed by atoms with Gasteiger partial charge in [-0.3, -0.25) is 4.79 Å². The van der Waals surface area contributed by atoms with E-state index in [9.17, 15) is 9.90 Å². The Bertz CT molecular complexity index is 760. The van der Waals surface area contributed by atoms with Gasteiger partial charge in [-0.2, -0.15) is 0 Å². The topological polar surface area (TPSA) is 85.0 Å². The maximum absolute atomic E-state index is 12.6. The zero-order chi connectivity index (χ0) is 18.6. The van der Waals surface area contributed by atoms with Crippen LogP contribution < -0.4 is 9.47 Å². The Morgan fingerprint density at radius 1 is 1.42 bits per heavy atom. The van der Waals surface area contributed by atoms with Gasteiger partial charge in [-0.1, -0.05) is 13.0 Å². The van der Waals surface area contributed by atoms with Crippen molar-refractivity contribution in [2.24, 2.45) is 0 Å². The first-order valence-corrected chi connectivity index (χ1v) is 8.76. The molecule has 1 atom stereocenters. The second-order valence-electron chi connectivity index (χ2n) is 6.50. The Morgan fingerprint density at radius 3 is 3.00 bits per heavy atom.